The molecule has 0 saturated heterocycles. The second kappa shape index (κ2) is 5.69. The van der Waals surface area contributed by atoms with Crippen LogP contribution in [0.3, 0.4) is 0 Å². The van der Waals surface area contributed by atoms with Crippen LogP contribution in [-0.2, 0) is 0 Å². The van der Waals surface area contributed by atoms with E-state index in [9.17, 15) is 4.39 Å². The van der Waals surface area contributed by atoms with Crippen molar-refractivity contribution in [2.45, 2.75) is 19.9 Å². The van der Waals surface area contributed by atoms with E-state index < -0.39 is 0 Å². The molecule has 1 N–H and O–H groups in total. The highest BCUT2D eigenvalue weighted by Gasteiger charge is 2.14. The topological polar surface area (TPSA) is 37.8 Å². The van der Waals surface area contributed by atoms with Crippen molar-refractivity contribution in [1.82, 2.24) is 15.3 Å². The van der Waals surface area contributed by atoms with E-state index in [1.807, 2.05) is 13.0 Å². The van der Waals surface area contributed by atoms with E-state index in [1.54, 1.807) is 25.4 Å². The number of nitrogens with one attached hydrogen (secondary N) is 1. The monoisotopic (exact) mass is 245 g/mol. The maximum Gasteiger partial charge on any atom is 0.126 e. The number of rotatable bonds is 4. The molecule has 0 aliphatic heterocycles. The van der Waals surface area contributed by atoms with E-state index >= 15 is 0 Å². The van der Waals surface area contributed by atoms with Crippen LogP contribution in [0.15, 0.2) is 36.9 Å². The van der Waals surface area contributed by atoms with E-state index in [2.05, 4.69) is 15.3 Å². The van der Waals surface area contributed by atoms with Crippen LogP contribution in [0, 0.1) is 12.7 Å². The van der Waals surface area contributed by atoms with Crippen LogP contribution in [0.5, 0.6) is 0 Å². The highest BCUT2D eigenvalue weighted by Crippen LogP contribution is 2.22. The van der Waals surface area contributed by atoms with Gasteiger partial charge in [-0.15, -0.1) is 0 Å². The van der Waals surface area contributed by atoms with Crippen molar-refractivity contribution >= 4 is 0 Å². The predicted molar refractivity (Wildman–Crippen MR) is 68.7 cm³/mol. The number of nitrogens with zero attached hydrogens (tertiary/aromatic N) is 2. The van der Waals surface area contributed by atoms with Crippen LogP contribution in [-0.4, -0.2) is 16.5 Å². The fraction of sp³-hybridized carbons (Fsp3) is 0.286. The van der Waals surface area contributed by atoms with Crippen LogP contribution < -0.4 is 5.32 Å². The number of aryl methyl sites for hydroxylation is 1. The summed E-state index contributed by atoms with van der Waals surface area (Å²) in [7, 11) is 0. The molecule has 3 nitrogen and oxygen atoms in total. The smallest absolute Gasteiger partial charge is 0.126 e. The fourth-order valence-corrected chi connectivity index (χ4v) is 1.94. The van der Waals surface area contributed by atoms with Crippen LogP contribution in [0.25, 0.3) is 0 Å². The molecule has 18 heavy (non-hydrogen) atoms. The fourth-order valence-electron chi connectivity index (χ4n) is 1.94. The molecule has 4 heteroatoms. The third-order valence-electron chi connectivity index (χ3n) is 2.84. The molecular formula is C14H16FN3. The molecule has 1 aromatic heterocycles. The molecule has 1 unspecified atom stereocenters. The zero-order valence-electron chi connectivity index (χ0n) is 10.5. The van der Waals surface area contributed by atoms with E-state index in [4.69, 9.17) is 0 Å². The standard InChI is InChI=1S/C14H16FN3/c1-3-18-14(12-7-16-9-17-8-12)11-4-5-13(15)10(2)6-11/h4-9,14,18H,3H2,1-2H3. The van der Waals surface area contributed by atoms with Gasteiger partial charge in [-0.1, -0.05) is 19.1 Å². The van der Waals surface area contributed by atoms with Gasteiger partial charge in [0.1, 0.15) is 12.1 Å². The van der Waals surface area contributed by atoms with Crippen molar-refractivity contribution in [3.05, 3.63) is 59.4 Å². The van der Waals surface area contributed by atoms with Crippen LogP contribution in [0.4, 0.5) is 4.39 Å². The number of hydrogen-bond acceptors (Lipinski definition) is 3. The van der Waals surface area contributed by atoms with Gasteiger partial charge < -0.3 is 5.32 Å². The van der Waals surface area contributed by atoms with Crippen molar-refractivity contribution in [2.24, 2.45) is 0 Å². The first-order valence-electron chi connectivity index (χ1n) is 5.96. The first-order valence-corrected chi connectivity index (χ1v) is 5.96. The number of aromatic nitrogens is 2. The lowest BCUT2D eigenvalue weighted by molar-refractivity contribution is 0.605. The maximum absolute atomic E-state index is 13.3. The number of benzene rings is 1. The third kappa shape index (κ3) is 2.71. The van der Waals surface area contributed by atoms with E-state index in [-0.39, 0.29) is 11.9 Å². The second-order valence-corrected chi connectivity index (χ2v) is 4.17. The molecule has 0 aliphatic carbocycles. The Morgan fingerprint density at radius 3 is 2.56 bits per heavy atom. The lowest BCUT2D eigenvalue weighted by Crippen LogP contribution is -2.22. The largest absolute Gasteiger partial charge is 0.306 e. The van der Waals surface area contributed by atoms with Gasteiger partial charge in [0.15, 0.2) is 0 Å². The molecule has 2 aromatic rings. The Labute approximate surface area is 106 Å². The quantitative estimate of drug-likeness (QED) is 0.899. The Morgan fingerprint density at radius 2 is 1.94 bits per heavy atom. The minimum atomic E-state index is -0.182. The number of halogens is 1. The Morgan fingerprint density at radius 1 is 1.22 bits per heavy atom. The molecule has 0 spiro atoms. The molecule has 0 bridgehead atoms. The van der Waals surface area contributed by atoms with E-state index in [0.29, 0.717) is 5.56 Å². The Bertz CT molecular complexity index is 514. The van der Waals surface area contributed by atoms with Gasteiger partial charge in [-0.05, 0) is 30.7 Å². The van der Waals surface area contributed by atoms with Crippen molar-refractivity contribution in [1.29, 1.82) is 0 Å². The van der Waals surface area contributed by atoms with Gasteiger partial charge >= 0.3 is 0 Å². The third-order valence-corrected chi connectivity index (χ3v) is 2.84. The molecule has 0 radical (unpaired) electrons. The van der Waals surface area contributed by atoms with Gasteiger partial charge in [0.25, 0.3) is 0 Å². The summed E-state index contributed by atoms with van der Waals surface area (Å²) >= 11 is 0. The SMILES string of the molecule is CCNC(c1cncnc1)c1ccc(F)c(C)c1. The first kappa shape index (κ1) is 12.6. The lowest BCUT2D eigenvalue weighted by atomic mass is 9.99. The zero-order valence-corrected chi connectivity index (χ0v) is 10.5. The van der Waals surface area contributed by atoms with Crippen LogP contribution in [0.1, 0.15) is 29.7 Å². The Balaban J connectivity index is 2.38. The van der Waals surface area contributed by atoms with Crippen LogP contribution in [0.2, 0.25) is 0 Å². The molecule has 0 saturated carbocycles. The highest BCUT2D eigenvalue weighted by molar-refractivity contribution is 5.32. The van der Waals surface area contributed by atoms with Gasteiger partial charge in [0.05, 0.1) is 6.04 Å². The summed E-state index contributed by atoms with van der Waals surface area (Å²) in [5.41, 5.74) is 2.64. The average molecular weight is 245 g/mol. The normalized spacial score (nSPS) is 12.4. The summed E-state index contributed by atoms with van der Waals surface area (Å²) in [5.74, 6) is -0.182. The molecule has 0 amide bonds. The molecule has 94 valence electrons. The summed E-state index contributed by atoms with van der Waals surface area (Å²) in [6, 6.07) is 5.15. The maximum atomic E-state index is 13.3. The van der Waals surface area contributed by atoms with E-state index in [1.165, 1.54) is 12.4 Å². The van der Waals surface area contributed by atoms with Gasteiger partial charge in [-0.3, -0.25) is 0 Å². The Hall–Kier alpha value is -1.81. The molecule has 2 rings (SSSR count). The minimum Gasteiger partial charge on any atom is -0.306 e. The first-order chi connectivity index (χ1) is 8.72. The van der Waals surface area contributed by atoms with Gasteiger partial charge in [-0.25, -0.2) is 14.4 Å². The lowest BCUT2D eigenvalue weighted by Gasteiger charge is -2.18. The van der Waals surface area contributed by atoms with Crippen LogP contribution >= 0.6 is 0 Å². The second-order valence-electron chi connectivity index (χ2n) is 4.17. The minimum absolute atomic E-state index is 0.00417. The molecule has 0 fully saturated rings. The van der Waals surface area contributed by atoms with Crippen molar-refractivity contribution in [3.63, 3.8) is 0 Å². The highest BCUT2D eigenvalue weighted by atomic mass is 19.1. The van der Waals surface area contributed by atoms with Crippen molar-refractivity contribution in [2.75, 3.05) is 6.54 Å². The summed E-state index contributed by atoms with van der Waals surface area (Å²) in [6.07, 6.45) is 5.06. The van der Waals surface area contributed by atoms with Gasteiger partial charge in [-0.2, -0.15) is 0 Å². The molecule has 1 heterocycles. The van der Waals surface area contributed by atoms with Crippen molar-refractivity contribution < 1.29 is 4.39 Å². The van der Waals surface area contributed by atoms with Gasteiger partial charge in [0, 0.05) is 18.0 Å². The summed E-state index contributed by atoms with van der Waals surface area (Å²) in [4.78, 5) is 8.06. The zero-order chi connectivity index (χ0) is 13.0. The summed E-state index contributed by atoms with van der Waals surface area (Å²) < 4.78 is 13.3. The van der Waals surface area contributed by atoms with Crippen molar-refractivity contribution in [3.8, 4) is 0 Å². The molecule has 1 aromatic carbocycles. The Kier molecular flexibility index (Phi) is 3.99. The van der Waals surface area contributed by atoms with E-state index in [0.717, 1.165) is 17.7 Å². The predicted octanol–water partition coefficient (Wildman–Crippen LogP) is 2.62. The summed E-state index contributed by atoms with van der Waals surface area (Å²) in [5, 5.41) is 3.36. The molecule has 1 atom stereocenters. The number of hydrogen-bond donors (Lipinski definition) is 1. The molecular weight excluding hydrogens is 229 g/mol. The molecule has 0 aliphatic rings. The average Bonchev–Trinajstić information content (AvgIpc) is 2.40. The summed E-state index contributed by atoms with van der Waals surface area (Å²) in [6.45, 7) is 4.62. The van der Waals surface area contributed by atoms with Gasteiger partial charge in [0.2, 0.25) is 0 Å².